The van der Waals surface area contributed by atoms with Crippen LogP contribution in [0, 0.1) is 0 Å². The van der Waals surface area contributed by atoms with Crippen LogP contribution in [0.1, 0.15) is 44.9 Å². The summed E-state index contributed by atoms with van der Waals surface area (Å²) in [5.41, 5.74) is 2.61. The molecule has 0 amide bonds. The van der Waals surface area contributed by atoms with Crippen LogP contribution in [-0.4, -0.2) is 34.6 Å². The van der Waals surface area contributed by atoms with Crippen molar-refractivity contribution < 1.29 is 0 Å². The SMILES string of the molecule is CCc1cc(CNC2CC2)cc(N2CC(C)SC(C)C2)n1. The number of pyridine rings is 1. The maximum atomic E-state index is 4.88. The van der Waals surface area contributed by atoms with Gasteiger partial charge < -0.3 is 10.2 Å². The molecule has 1 aromatic rings. The Morgan fingerprint density at radius 1 is 1.24 bits per heavy atom. The molecular formula is C17H27N3S. The number of anilines is 1. The minimum atomic E-state index is 0.689. The van der Waals surface area contributed by atoms with Crippen molar-refractivity contribution in [2.45, 2.75) is 63.1 Å². The van der Waals surface area contributed by atoms with Crippen LogP contribution in [-0.2, 0) is 13.0 Å². The molecule has 2 heterocycles. The van der Waals surface area contributed by atoms with Crippen molar-refractivity contribution in [3.63, 3.8) is 0 Å². The number of thioether (sulfide) groups is 1. The lowest BCUT2D eigenvalue weighted by Gasteiger charge is -2.35. The Kier molecular flexibility index (Phi) is 4.75. The Labute approximate surface area is 132 Å². The number of nitrogens with one attached hydrogen (secondary N) is 1. The summed E-state index contributed by atoms with van der Waals surface area (Å²) >= 11 is 2.09. The fraction of sp³-hybridized carbons (Fsp3) is 0.706. The van der Waals surface area contributed by atoms with E-state index in [2.05, 4.69) is 54.9 Å². The second kappa shape index (κ2) is 6.57. The molecule has 1 aromatic heterocycles. The molecule has 0 spiro atoms. The summed E-state index contributed by atoms with van der Waals surface area (Å²) < 4.78 is 0. The molecule has 1 saturated carbocycles. The van der Waals surface area contributed by atoms with Crippen molar-refractivity contribution in [2.24, 2.45) is 0 Å². The van der Waals surface area contributed by atoms with E-state index in [0.717, 1.165) is 32.1 Å². The molecule has 2 fully saturated rings. The van der Waals surface area contributed by atoms with Crippen LogP contribution in [0.2, 0.25) is 0 Å². The van der Waals surface area contributed by atoms with E-state index in [9.17, 15) is 0 Å². The molecule has 0 aromatic carbocycles. The van der Waals surface area contributed by atoms with Gasteiger partial charge in [-0.15, -0.1) is 0 Å². The van der Waals surface area contributed by atoms with Gasteiger partial charge in [0.25, 0.3) is 0 Å². The highest BCUT2D eigenvalue weighted by Gasteiger charge is 2.24. The molecule has 2 atom stereocenters. The van der Waals surface area contributed by atoms with Crippen LogP contribution in [0.3, 0.4) is 0 Å². The second-order valence-corrected chi connectivity index (χ2v) is 8.38. The summed E-state index contributed by atoms with van der Waals surface area (Å²) in [5.74, 6) is 1.18. The monoisotopic (exact) mass is 305 g/mol. The largest absolute Gasteiger partial charge is 0.354 e. The zero-order valence-corrected chi connectivity index (χ0v) is 14.2. The Morgan fingerprint density at radius 2 is 1.95 bits per heavy atom. The van der Waals surface area contributed by atoms with Gasteiger partial charge in [-0.2, -0.15) is 11.8 Å². The normalized spacial score (nSPS) is 26.1. The lowest BCUT2D eigenvalue weighted by Crippen LogP contribution is -2.41. The minimum Gasteiger partial charge on any atom is -0.354 e. The topological polar surface area (TPSA) is 28.2 Å². The number of aromatic nitrogens is 1. The van der Waals surface area contributed by atoms with Gasteiger partial charge in [-0.3, -0.25) is 0 Å². The minimum absolute atomic E-state index is 0.689. The summed E-state index contributed by atoms with van der Waals surface area (Å²) in [6, 6.07) is 5.33. The number of aryl methyl sites for hydroxylation is 1. The highest BCUT2D eigenvalue weighted by Crippen LogP contribution is 2.28. The smallest absolute Gasteiger partial charge is 0.129 e. The predicted octanol–water partition coefficient (Wildman–Crippen LogP) is 3.23. The lowest BCUT2D eigenvalue weighted by molar-refractivity contribution is 0.681. The van der Waals surface area contributed by atoms with E-state index in [1.54, 1.807) is 0 Å². The van der Waals surface area contributed by atoms with E-state index in [4.69, 9.17) is 4.98 Å². The Morgan fingerprint density at radius 3 is 2.57 bits per heavy atom. The van der Waals surface area contributed by atoms with Crippen LogP contribution < -0.4 is 10.2 Å². The van der Waals surface area contributed by atoms with Gasteiger partial charge in [0.15, 0.2) is 0 Å². The maximum Gasteiger partial charge on any atom is 0.129 e. The van der Waals surface area contributed by atoms with Gasteiger partial charge in [-0.25, -0.2) is 4.98 Å². The van der Waals surface area contributed by atoms with Crippen LogP contribution in [0.15, 0.2) is 12.1 Å². The molecule has 2 aliphatic rings. The first-order valence-corrected chi connectivity index (χ1v) is 9.22. The predicted molar refractivity (Wildman–Crippen MR) is 92.2 cm³/mol. The summed E-state index contributed by atoms with van der Waals surface area (Å²) in [6.07, 6.45) is 3.70. The summed E-state index contributed by atoms with van der Waals surface area (Å²) in [4.78, 5) is 7.35. The fourth-order valence-corrected chi connectivity index (χ4v) is 4.32. The molecule has 1 aliphatic carbocycles. The van der Waals surface area contributed by atoms with Crippen molar-refractivity contribution in [3.05, 3.63) is 23.4 Å². The average molecular weight is 305 g/mol. The van der Waals surface area contributed by atoms with Crippen LogP contribution >= 0.6 is 11.8 Å². The van der Waals surface area contributed by atoms with E-state index in [-0.39, 0.29) is 0 Å². The first-order chi connectivity index (χ1) is 10.1. The summed E-state index contributed by atoms with van der Waals surface area (Å²) in [7, 11) is 0. The van der Waals surface area contributed by atoms with Crippen molar-refractivity contribution in [2.75, 3.05) is 18.0 Å². The molecule has 4 heteroatoms. The molecule has 21 heavy (non-hydrogen) atoms. The van der Waals surface area contributed by atoms with Gasteiger partial charge in [-0.05, 0) is 37.0 Å². The molecule has 1 N–H and O–H groups in total. The van der Waals surface area contributed by atoms with Gasteiger partial charge in [0.2, 0.25) is 0 Å². The standard InChI is InChI=1S/C17H27N3S/c1-4-15-7-14(9-18-16-5-6-16)8-17(19-15)20-10-12(2)21-13(3)11-20/h7-8,12-13,16,18H,4-6,9-11H2,1-3H3. The van der Waals surface area contributed by atoms with E-state index in [1.807, 2.05) is 0 Å². The molecule has 3 nitrogen and oxygen atoms in total. The third-order valence-corrected chi connectivity index (χ3v) is 5.43. The highest BCUT2D eigenvalue weighted by molar-refractivity contribution is 8.00. The maximum absolute atomic E-state index is 4.88. The van der Waals surface area contributed by atoms with Gasteiger partial charge in [0.05, 0.1) is 0 Å². The van der Waals surface area contributed by atoms with E-state index in [0.29, 0.717) is 10.5 Å². The first kappa shape index (κ1) is 15.2. The zero-order chi connectivity index (χ0) is 14.8. The molecule has 3 rings (SSSR count). The highest BCUT2D eigenvalue weighted by atomic mass is 32.2. The average Bonchev–Trinajstić information content (AvgIpc) is 3.28. The molecule has 0 radical (unpaired) electrons. The number of rotatable bonds is 5. The van der Waals surface area contributed by atoms with Crippen molar-refractivity contribution >= 4 is 17.6 Å². The Balaban J connectivity index is 1.77. The Bertz CT molecular complexity index is 477. The van der Waals surface area contributed by atoms with Gasteiger partial charge in [0.1, 0.15) is 5.82 Å². The van der Waals surface area contributed by atoms with E-state index < -0.39 is 0 Å². The van der Waals surface area contributed by atoms with E-state index >= 15 is 0 Å². The van der Waals surface area contributed by atoms with E-state index in [1.165, 1.54) is 29.9 Å². The van der Waals surface area contributed by atoms with Gasteiger partial charge >= 0.3 is 0 Å². The quantitative estimate of drug-likeness (QED) is 0.904. The number of hydrogen-bond donors (Lipinski definition) is 1. The van der Waals surface area contributed by atoms with Gasteiger partial charge in [-0.1, -0.05) is 20.8 Å². The second-order valence-electron chi connectivity index (χ2n) is 6.50. The molecule has 1 aliphatic heterocycles. The number of hydrogen-bond acceptors (Lipinski definition) is 4. The lowest BCUT2D eigenvalue weighted by atomic mass is 10.1. The first-order valence-electron chi connectivity index (χ1n) is 8.27. The molecule has 116 valence electrons. The number of nitrogens with zero attached hydrogens (tertiary/aromatic N) is 2. The van der Waals surface area contributed by atoms with Crippen molar-refractivity contribution in [3.8, 4) is 0 Å². The molecule has 0 bridgehead atoms. The van der Waals surface area contributed by atoms with Crippen LogP contribution in [0.25, 0.3) is 0 Å². The third kappa shape index (κ3) is 4.13. The Hall–Kier alpha value is -0.740. The third-order valence-electron chi connectivity index (χ3n) is 4.20. The fourth-order valence-electron chi connectivity index (χ4n) is 2.99. The molecule has 2 unspecified atom stereocenters. The summed E-state index contributed by atoms with van der Waals surface area (Å²) in [6.45, 7) is 10.1. The van der Waals surface area contributed by atoms with Crippen molar-refractivity contribution in [1.82, 2.24) is 10.3 Å². The zero-order valence-electron chi connectivity index (χ0n) is 13.4. The van der Waals surface area contributed by atoms with Crippen LogP contribution in [0.4, 0.5) is 5.82 Å². The molecular weight excluding hydrogens is 278 g/mol. The van der Waals surface area contributed by atoms with Gasteiger partial charge in [0, 0.05) is 41.9 Å². The van der Waals surface area contributed by atoms with Crippen LogP contribution in [0.5, 0.6) is 0 Å². The summed E-state index contributed by atoms with van der Waals surface area (Å²) in [5, 5.41) is 5.00. The molecule has 1 saturated heterocycles. The van der Waals surface area contributed by atoms with Crippen molar-refractivity contribution in [1.29, 1.82) is 0 Å².